The third-order valence-electron chi connectivity index (χ3n) is 2.94. The number of pyridine rings is 1. The minimum absolute atomic E-state index is 0.0107. The molecule has 6 nitrogen and oxygen atoms in total. The average Bonchev–Trinajstić information content (AvgIpc) is 2.32. The summed E-state index contributed by atoms with van der Waals surface area (Å²) in [6.45, 7) is 0. The third-order valence-corrected chi connectivity index (χ3v) is 2.94. The molecule has 0 radical (unpaired) electrons. The first-order valence-electron chi connectivity index (χ1n) is 5.68. The van der Waals surface area contributed by atoms with Gasteiger partial charge in [-0.05, 0) is 31.7 Å². The van der Waals surface area contributed by atoms with Crippen LogP contribution in [0.4, 0.5) is 5.69 Å². The van der Waals surface area contributed by atoms with E-state index < -0.39 is 4.92 Å². The summed E-state index contributed by atoms with van der Waals surface area (Å²) in [5, 5.41) is 10.8. The van der Waals surface area contributed by atoms with Gasteiger partial charge in [0.1, 0.15) is 6.10 Å². The summed E-state index contributed by atoms with van der Waals surface area (Å²) in [5.41, 5.74) is 5.71. The normalized spacial score (nSPS) is 24.3. The second-order valence-corrected chi connectivity index (χ2v) is 4.24. The molecule has 1 heterocycles. The van der Waals surface area contributed by atoms with E-state index in [4.69, 9.17) is 10.5 Å². The number of nitrogens with zero attached hydrogens (tertiary/aromatic N) is 2. The van der Waals surface area contributed by atoms with Gasteiger partial charge in [0.15, 0.2) is 0 Å². The Morgan fingerprint density at radius 3 is 2.76 bits per heavy atom. The van der Waals surface area contributed by atoms with E-state index in [1.54, 1.807) is 0 Å². The van der Waals surface area contributed by atoms with Crippen molar-refractivity contribution >= 4 is 5.69 Å². The van der Waals surface area contributed by atoms with Crippen LogP contribution in [0.25, 0.3) is 0 Å². The van der Waals surface area contributed by atoms with E-state index in [0.717, 1.165) is 25.7 Å². The fourth-order valence-corrected chi connectivity index (χ4v) is 1.98. The van der Waals surface area contributed by atoms with Gasteiger partial charge in [-0.1, -0.05) is 0 Å². The van der Waals surface area contributed by atoms with Crippen molar-refractivity contribution in [1.29, 1.82) is 0 Å². The van der Waals surface area contributed by atoms with E-state index >= 15 is 0 Å². The lowest BCUT2D eigenvalue weighted by Crippen LogP contribution is -2.31. The predicted octanol–water partition coefficient (Wildman–Crippen LogP) is 1.64. The summed E-state index contributed by atoms with van der Waals surface area (Å²) < 4.78 is 5.59. The summed E-state index contributed by atoms with van der Waals surface area (Å²) in [4.78, 5) is 14.2. The van der Waals surface area contributed by atoms with Crippen LogP contribution in [0.1, 0.15) is 25.7 Å². The summed E-state index contributed by atoms with van der Waals surface area (Å²) in [7, 11) is 0. The van der Waals surface area contributed by atoms with Gasteiger partial charge in [0.2, 0.25) is 0 Å². The van der Waals surface area contributed by atoms with Crippen LogP contribution in [-0.4, -0.2) is 22.1 Å². The van der Waals surface area contributed by atoms with E-state index in [2.05, 4.69) is 4.98 Å². The zero-order valence-corrected chi connectivity index (χ0v) is 9.41. The maximum Gasteiger partial charge on any atom is 0.330 e. The standard InChI is InChI=1S/C11H15N3O3/c12-8-3-5-9(6-4-8)17-11-10(14(15)16)2-1-7-13-11/h1-2,7-9H,3-6,12H2. The van der Waals surface area contributed by atoms with Crippen molar-refractivity contribution in [3.63, 3.8) is 0 Å². The van der Waals surface area contributed by atoms with Crippen LogP contribution in [0.2, 0.25) is 0 Å². The van der Waals surface area contributed by atoms with Crippen LogP contribution in [0.15, 0.2) is 18.3 Å². The molecule has 0 atom stereocenters. The Kier molecular flexibility index (Phi) is 3.53. The van der Waals surface area contributed by atoms with Crippen molar-refractivity contribution in [2.75, 3.05) is 0 Å². The predicted molar refractivity (Wildman–Crippen MR) is 61.8 cm³/mol. The molecule has 1 aliphatic rings. The zero-order valence-electron chi connectivity index (χ0n) is 9.41. The highest BCUT2D eigenvalue weighted by atomic mass is 16.6. The average molecular weight is 237 g/mol. The molecule has 2 rings (SSSR count). The minimum atomic E-state index is -0.475. The number of hydrogen-bond donors (Lipinski definition) is 1. The van der Waals surface area contributed by atoms with Crippen molar-refractivity contribution in [3.8, 4) is 5.88 Å². The SMILES string of the molecule is NC1CCC(Oc2ncccc2[N+](=O)[O-])CC1. The Balaban J connectivity index is 2.05. The molecule has 0 aromatic carbocycles. The quantitative estimate of drug-likeness (QED) is 0.637. The summed E-state index contributed by atoms with van der Waals surface area (Å²) in [5.74, 6) is 0.109. The molecule has 0 spiro atoms. The fourth-order valence-electron chi connectivity index (χ4n) is 1.98. The van der Waals surface area contributed by atoms with Gasteiger partial charge in [0.25, 0.3) is 5.88 Å². The Morgan fingerprint density at radius 1 is 1.41 bits per heavy atom. The first-order valence-corrected chi connectivity index (χ1v) is 5.68. The monoisotopic (exact) mass is 237 g/mol. The molecule has 1 saturated carbocycles. The van der Waals surface area contributed by atoms with E-state index in [1.807, 2.05) is 0 Å². The number of nitro groups is 1. The van der Waals surface area contributed by atoms with Crippen molar-refractivity contribution in [2.24, 2.45) is 5.73 Å². The fraction of sp³-hybridized carbons (Fsp3) is 0.545. The van der Waals surface area contributed by atoms with Crippen LogP contribution in [-0.2, 0) is 0 Å². The Hall–Kier alpha value is -1.69. The van der Waals surface area contributed by atoms with Gasteiger partial charge in [-0.3, -0.25) is 10.1 Å². The molecular formula is C11H15N3O3. The van der Waals surface area contributed by atoms with Gasteiger partial charge in [-0.25, -0.2) is 4.98 Å². The maximum atomic E-state index is 10.8. The smallest absolute Gasteiger partial charge is 0.330 e. The lowest BCUT2D eigenvalue weighted by atomic mass is 9.94. The van der Waals surface area contributed by atoms with E-state index in [-0.39, 0.29) is 23.7 Å². The second-order valence-electron chi connectivity index (χ2n) is 4.24. The van der Waals surface area contributed by atoms with Crippen molar-refractivity contribution in [1.82, 2.24) is 4.98 Å². The van der Waals surface area contributed by atoms with Gasteiger partial charge >= 0.3 is 5.69 Å². The molecular weight excluding hydrogens is 222 g/mol. The molecule has 0 bridgehead atoms. The topological polar surface area (TPSA) is 91.3 Å². The molecule has 0 unspecified atom stereocenters. The summed E-state index contributed by atoms with van der Waals surface area (Å²) in [6, 6.07) is 3.16. The van der Waals surface area contributed by atoms with E-state index in [1.165, 1.54) is 18.3 Å². The number of aromatic nitrogens is 1. The Morgan fingerprint density at radius 2 is 2.12 bits per heavy atom. The minimum Gasteiger partial charge on any atom is -0.469 e. The summed E-state index contributed by atoms with van der Waals surface area (Å²) in [6.07, 6.45) is 4.93. The third kappa shape index (κ3) is 2.91. The molecule has 0 saturated heterocycles. The summed E-state index contributed by atoms with van der Waals surface area (Å²) >= 11 is 0. The number of ether oxygens (including phenoxy) is 1. The zero-order chi connectivity index (χ0) is 12.3. The van der Waals surface area contributed by atoms with Crippen LogP contribution < -0.4 is 10.5 Å². The molecule has 1 aromatic heterocycles. The lowest BCUT2D eigenvalue weighted by molar-refractivity contribution is -0.386. The van der Waals surface area contributed by atoms with Crippen molar-refractivity contribution in [2.45, 2.75) is 37.8 Å². The van der Waals surface area contributed by atoms with E-state index in [0.29, 0.717) is 0 Å². The lowest BCUT2D eigenvalue weighted by Gasteiger charge is -2.25. The molecule has 1 aromatic rings. The first kappa shape index (κ1) is 11.8. The molecule has 1 fully saturated rings. The van der Waals surface area contributed by atoms with Crippen molar-refractivity contribution < 1.29 is 9.66 Å². The highest BCUT2D eigenvalue weighted by Crippen LogP contribution is 2.27. The van der Waals surface area contributed by atoms with Gasteiger partial charge < -0.3 is 10.5 Å². The van der Waals surface area contributed by atoms with Crippen LogP contribution in [0.3, 0.4) is 0 Å². The molecule has 17 heavy (non-hydrogen) atoms. The van der Waals surface area contributed by atoms with Gasteiger partial charge in [0, 0.05) is 18.3 Å². The first-order chi connectivity index (χ1) is 8.16. The van der Waals surface area contributed by atoms with Crippen LogP contribution >= 0.6 is 0 Å². The van der Waals surface area contributed by atoms with Crippen LogP contribution in [0.5, 0.6) is 5.88 Å². The highest BCUT2D eigenvalue weighted by Gasteiger charge is 2.24. The number of nitrogens with two attached hydrogens (primary N) is 1. The second kappa shape index (κ2) is 5.09. The Bertz CT molecular complexity index is 403. The molecule has 6 heteroatoms. The molecule has 2 N–H and O–H groups in total. The largest absolute Gasteiger partial charge is 0.469 e. The maximum absolute atomic E-state index is 10.8. The van der Waals surface area contributed by atoms with Crippen molar-refractivity contribution in [3.05, 3.63) is 28.4 Å². The number of hydrogen-bond acceptors (Lipinski definition) is 5. The number of rotatable bonds is 3. The molecule has 92 valence electrons. The Labute approximate surface area is 98.9 Å². The molecule has 1 aliphatic carbocycles. The van der Waals surface area contributed by atoms with Gasteiger partial charge in [-0.2, -0.15) is 0 Å². The van der Waals surface area contributed by atoms with Gasteiger partial charge in [-0.15, -0.1) is 0 Å². The molecule has 0 amide bonds. The highest BCUT2D eigenvalue weighted by molar-refractivity contribution is 5.39. The van der Waals surface area contributed by atoms with E-state index in [9.17, 15) is 10.1 Å². The van der Waals surface area contributed by atoms with Gasteiger partial charge in [0.05, 0.1) is 4.92 Å². The van der Waals surface area contributed by atoms with Crippen LogP contribution in [0, 0.1) is 10.1 Å². The molecule has 0 aliphatic heterocycles.